The maximum atomic E-state index is 4.75. The SMILES string of the molecule is CC(C)c1cc(-c2ccccc2)nc(-c2ccccc2)n1.CC(C)c1ccccn1.CC(C)c1cccnc1.CC(C)c1ccncn1.CC(C)c1cnc(-c2ccccc2)nc1.CC(C)c1nc(-c2ccccc2)cc(-c2ccccc2)n1.CC(C)c1nc(-c2ccccc2)nc(-c2ccccc2)n1.CC(C)c1ncccn1. The van der Waals surface area contributed by atoms with Crippen molar-refractivity contribution in [3.63, 3.8) is 0 Å². The molecule has 580 valence electrons. The van der Waals surface area contributed by atoms with E-state index in [1.165, 1.54) is 11.1 Å². The molecule has 114 heavy (non-hydrogen) atoms. The lowest BCUT2D eigenvalue weighted by molar-refractivity contribution is 0.766. The van der Waals surface area contributed by atoms with Crippen LogP contribution in [0.15, 0.2) is 323 Å². The molecule has 15 nitrogen and oxygen atoms in total. The molecule has 15 aromatic rings. The second kappa shape index (κ2) is 46.8. The van der Waals surface area contributed by atoms with Crippen LogP contribution in [0.3, 0.4) is 0 Å². The van der Waals surface area contributed by atoms with Crippen molar-refractivity contribution in [1.29, 1.82) is 0 Å². The summed E-state index contributed by atoms with van der Waals surface area (Å²) in [7, 11) is 0. The van der Waals surface area contributed by atoms with Gasteiger partial charge in [0.05, 0.1) is 17.1 Å². The number of pyridine rings is 2. The van der Waals surface area contributed by atoms with E-state index in [0.717, 1.165) is 114 Å². The van der Waals surface area contributed by atoms with Gasteiger partial charge in [0.2, 0.25) is 0 Å². The fourth-order valence-corrected chi connectivity index (χ4v) is 10.6. The highest BCUT2D eigenvalue weighted by molar-refractivity contribution is 5.69. The lowest BCUT2D eigenvalue weighted by Crippen LogP contribution is -2.04. The predicted molar refractivity (Wildman–Crippen MR) is 469 cm³/mol. The molecule has 0 aliphatic carbocycles. The molecule has 0 spiro atoms. The molecule has 0 N–H and O–H groups in total. The molecule has 7 aromatic carbocycles. The number of hydrogen-bond acceptors (Lipinski definition) is 15. The van der Waals surface area contributed by atoms with Crippen LogP contribution in [0, 0.1) is 0 Å². The molecule has 15 rings (SSSR count). The van der Waals surface area contributed by atoms with Gasteiger partial charge in [-0.1, -0.05) is 335 Å². The maximum absolute atomic E-state index is 4.75. The first-order chi connectivity index (χ1) is 55.2. The zero-order valence-corrected chi connectivity index (χ0v) is 68.9. The summed E-state index contributed by atoms with van der Waals surface area (Å²) in [6.45, 7) is 34.0. The van der Waals surface area contributed by atoms with Gasteiger partial charge in [-0.25, -0.2) is 64.8 Å². The number of aromatic nitrogens is 15. The number of benzene rings is 7. The van der Waals surface area contributed by atoms with Gasteiger partial charge in [-0.15, -0.1) is 0 Å². The van der Waals surface area contributed by atoms with Gasteiger partial charge < -0.3 is 0 Å². The summed E-state index contributed by atoms with van der Waals surface area (Å²) in [5.74, 6) is 9.17. The van der Waals surface area contributed by atoms with E-state index in [2.05, 4.69) is 220 Å². The molecule has 8 aromatic heterocycles. The Bertz CT molecular complexity index is 4440. The normalized spacial score (nSPS) is 10.6. The molecular weight excluding hydrogens is 1400 g/mol. The average molecular weight is 1510 g/mol. The fraction of sp³-hybridized carbons (Fsp3) is 0.242. The third kappa shape index (κ3) is 29.2. The van der Waals surface area contributed by atoms with Crippen molar-refractivity contribution in [3.05, 3.63) is 369 Å². The van der Waals surface area contributed by atoms with Crippen molar-refractivity contribution < 1.29 is 0 Å². The Balaban J connectivity index is 0.000000168. The van der Waals surface area contributed by atoms with Gasteiger partial charge in [0.15, 0.2) is 23.3 Å². The van der Waals surface area contributed by atoms with E-state index in [1.807, 2.05) is 237 Å². The summed E-state index contributed by atoms with van der Waals surface area (Å²) in [6, 6.07) is 89.0. The second-order valence-corrected chi connectivity index (χ2v) is 29.3. The van der Waals surface area contributed by atoms with Crippen molar-refractivity contribution in [3.8, 4) is 79.3 Å². The number of rotatable bonds is 15. The van der Waals surface area contributed by atoms with Crippen LogP contribution in [-0.4, -0.2) is 74.8 Å². The molecule has 0 atom stereocenters. The molecule has 0 aliphatic heterocycles. The molecule has 0 saturated carbocycles. The van der Waals surface area contributed by atoms with E-state index in [-0.39, 0.29) is 5.92 Å². The first-order valence-corrected chi connectivity index (χ1v) is 39.3. The molecule has 0 unspecified atom stereocenters. The van der Waals surface area contributed by atoms with Crippen molar-refractivity contribution in [1.82, 2.24) is 74.8 Å². The van der Waals surface area contributed by atoms with E-state index in [4.69, 9.17) is 19.9 Å². The standard InChI is InChI=1S/2C19H18N2.C18H17N3.C13H14N2.2C8H11N.2C7H10N2/c1-14(2)19-20-17(15-9-5-3-6-10-15)13-18(21-19)16-11-7-4-8-12-16;1-14(2)17-13-18(15-9-5-3-6-10-15)21-19(20-17)16-11-7-4-8-12-16;1-13(2)16-19-17(14-9-5-3-6-10-14)21-18(20-16)15-11-7-4-8-12-15;1-10(2)12-8-14-13(15-9-12)11-6-4-3-5-7-11;1-7(2)8-4-3-5-9-6-8;1-7(2)8-5-3-4-6-9-8;1-6(2)7-3-4-8-5-9-7;1-6(2)7-8-4-3-5-9-7/h2*3-14H,1-2H3;3-13H,1-2H3;3-10H,1-2H3;2*3-7H,1-2H3;2*3-6H,1-2H3. The van der Waals surface area contributed by atoms with E-state index >= 15 is 0 Å². The maximum Gasteiger partial charge on any atom is 0.163 e. The van der Waals surface area contributed by atoms with Crippen molar-refractivity contribution >= 4 is 0 Å². The van der Waals surface area contributed by atoms with Crippen LogP contribution in [0.4, 0.5) is 0 Å². The Labute approximate surface area is 676 Å². The third-order valence-electron chi connectivity index (χ3n) is 17.4. The average Bonchev–Trinajstić information content (AvgIpc) is 0.833. The lowest BCUT2D eigenvalue weighted by atomic mass is 10.1. The highest BCUT2D eigenvalue weighted by Crippen LogP contribution is 2.29. The molecule has 0 bridgehead atoms. The molecule has 8 heterocycles. The van der Waals surface area contributed by atoms with Gasteiger partial charge in [-0.3, -0.25) is 9.97 Å². The van der Waals surface area contributed by atoms with Crippen LogP contribution in [0.25, 0.3) is 79.3 Å². The third-order valence-corrected chi connectivity index (χ3v) is 17.4. The fourth-order valence-electron chi connectivity index (χ4n) is 10.6. The van der Waals surface area contributed by atoms with E-state index in [0.29, 0.717) is 41.4 Å². The van der Waals surface area contributed by atoms with Gasteiger partial charge >= 0.3 is 0 Å². The summed E-state index contributed by atoms with van der Waals surface area (Å²) in [4.78, 5) is 65.7. The van der Waals surface area contributed by atoms with Crippen LogP contribution < -0.4 is 0 Å². The molecular formula is C99H109N15. The second-order valence-electron chi connectivity index (χ2n) is 29.3. The number of nitrogens with zero attached hydrogens (tertiary/aromatic N) is 15. The molecule has 0 radical (unpaired) electrons. The highest BCUT2D eigenvalue weighted by atomic mass is 15.0. The molecule has 0 aliphatic rings. The predicted octanol–water partition coefficient (Wildman–Crippen LogP) is 25.1. The molecule has 0 amide bonds. The summed E-state index contributed by atoms with van der Waals surface area (Å²) < 4.78 is 0. The van der Waals surface area contributed by atoms with E-state index in [1.54, 1.807) is 31.1 Å². The van der Waals surface area contributed by atoms with E-state index < -0.39 is 0 Å². The van der Waals surface area contributed by atoms with Gasteiger partial charge in [-0.2, -0.15) is 0 Å². The topological polar surface area (TPSA) is 193 Å². The zero-order valence-electron chi connectivity index (χ0n) is 68.9. The first-order valence-electron chi connectivity index (χ1n) is 39.3. The van der Waals surface area contributed by atoms with Crippen molar-refractivity contribution in [2.75, 3.05) is 0 Å². The summed E-state index contributed by atoms with van der Waals surface area (Å²) in [5, 5.41) is 0. The smallest absolute Gasteiger partial charge is 0.163 e. The molecule has 0 saturated heterocycles. The van der Waals surface area contributed by atoms with Crippen molar-refractivity contribution in [2.45, 2.75) is 158 Å². The molecule has 0 fully saturated rings. The minimum absolute atomic E-state index is 0.262. The Morgan fingerprint density at radius 3 is 0.886 bits per heavy atom. The van der Waals surface area contributed by atoms with Gasteiger partial charge in [0, 0.05) is 123 Å². The van der Waals surface area contributed by atoms with Crippen LogP contribution in [-0.2, 0) is 0 Å². The van der Waals surface area contributed by atoms with Gasteiger partial charge in [-0.05, 0) is 83.2 Å². The van der Waals surface area contributed by atoms with Crippen LogP contribution in [0.2, 0.25) is 0 Å². The molecule has 15 heteroatoms. The highest BCUT2D eigenvalue weighted by Gasteiger charge is 2.15. The summed E-state index contributed by atoms with van der Waals surface area (Å²) in [5.41, 5.74) is 16.3. The van der Waals surface area contributed by atoms with E-state index in [9.17, 15) is 0 Å². The monoisotopic (exact) mass is 1510 g/mol. The van der Waals surface area contributed by atoms with Crippen LogP contribution in [0.1, 0.15) is 204 Å². The quantitative estimate of drug-likeness (QED) is 0.0940. The minimum Gasteiger partial charge on any atom is -0.264 e. The summed E-state index contributed by atoms with van der Waals surface area (Å²) >= 11 is 0. The van der Waals surface area contributed by atoms with Gasteiger partial charge in [0.1, 0.15) is 23.8 Å². The largest absolute Gasteiger partial charge is 0.264 e. The minimum atomic E-state index is 0.262. The zero-order chi connectivity index (χ0) is 81.4. The lowest BCUT2D eigenvalue weighted by Gasteiger charge is -2.10. The Morgan fingerprint density at radius 2 is 0.561 bits per heavy atom. The first kappa shape index (κ1) is 86.8. The van der Waals surface area contributed by atoms with Crippen LogP contribution in [0.5, 0.6) is 0 Å². The van der Waals surface area contributed by atoms with Gasteiger partial charge in [0.25, 0.3) is 0 Å². The Kier molecular flexibility index (Phi) is 35.7. The number of hydrogen-bond donors (Lipinski definition) is 0. The van der Waals surface area contributed by atoms with Crippen molar-refractivity contribution in [2.24, 2.45) is 0 Å². The Morgan fingerprint density at radius 1 is 0.193 bits per heavy atom. The Hall–Kier alpha value is -12.8. The van der Waals surface area contributed by atoms with Crippen LogP contribution >= 0.6 is 0 Å². The summed E-state index contributed by atoms with van der Waals surface area (Å²) in [6.07, 6.45) is 16.2.